The summed E-state index contributed by atoms with van der Waals surface area (Å²) in [4.78, 5) is 18.8. The number of aromatic nitrogens is 5. The van der Waals surface area contributed by atoms with Gasteiger partial charge in [0.25, 0.3) is 5.56 Å². The van der Waals surface area contributed by atoms with Gasteiger partial charge in [-0.2, -0.15) is 14.6 Å². The van der Waals surface area contributed by atoms with E-state index in [0.29, 0.717) is 27.8 Å². The quantitative estimate of drug-likeness (QED) is 0.203. The van der Waals surface area contributed by atoms with Crippen LogP contribution in [0.1, 0.15) is 51.3 Å². The molecule has 0 aliphatic rings. The summed E-state index contributed by atoms with van der Waals surface area (Å²) in [5.41, 5.74) is 6.51. The van der Waals surface area contributed by atoms with Gasteiger partial charge in [-0.3, -0.25) is 4.79 Å². The highest BCUT2D eigenvalue weighted by Gasteiger charge is 2.17. The highest BCUT2D eigenvalue weighted by atomic mass is 32.1. The summed E-state index contributed by atoms with van der Waals surface area (Å²) in [5.74, 6) is 1.85. The van der Waals surface area contributed by atoms with Gasteiger partial charge in [-0.1, -0.05) is 88.4 Å². The van der Waals surface area contributed by atoms with Gasteiger partial charge in [-0.25, -0.2) is 4.68 Å². The first-order chi connectivity index (χ1) is 20.6. The summed E-state index contributed by atoms with van der Waals surface area (Å²) in [6, 6.07) is 24.3. The Labute approximate surface area is 255 Å². The number of aryl methyl sites for hydroxylation is 1. The van der Waals surface area contributed by atoms with Crippen LogP contribution in [0.3, 0.4) is 0 Å². The molecule has 0 saturated heterocycles. The van der Waals surface area contributed by atoms with Crippen molar-refractivity contribution >= 4 is 22.4 Å². The average molecular weight is 590 g/mol. The first kappa shape index (κ1) is 28.6. The van der Waals surface area contributed by atoms with E-state index in [9.17, 15) is 4.79 Å². The number of fused-ring (bicyclic) bond motifs is 1. The van der Waals surface area contributed by atoms with Gasteiger partial charge in [0.15, 0.2) is 5.82 Å². The van der Waals surface area contributed by atoms with Crippen LogP contribution in [-0.2, 0) is 5.41 Å². The second kappa shape index (κ2) is 11.3. The van der Waals surface area contributed by atoms with Crippen molar-refractivity contribution in [1.82, 2.24) is 24.4 Å². The van der Waals surface area contributed by atoms with Gasteiger partial charge >= 0.3 is 0 Å². The number of benzene rings is 3. The maximum absolute atomic E-state index is 13.5. The molecule has 0 spiro atoms. The monoisotopic (exact) mass is 589 g/mol. The summed E-state index contributed by atoms with van der Waals surface area (Å²) in [5, 5.41) is 9.52. The molecule has 0 N–H and O–H groups in total. The van der Waals surface area contributed by atoms with Crippen LogP contribution in [-0.4, -0.2) is 31.0 Å². The van der Waals surface area contributed by atoms with E-state index >= 15 is 0 Å². The number of thiazole rings is 1. The second-order valence-electron chi connectivity index (χ2n) is 12.3. The fraction of sp³-hybridized carbons (Fsp3) is 0.257. The molecule has 0 aliphatic carbocycles. The highest BCUT2D eigenvalue weighted by molar-refractivity contribution is 7.15. The SMILES string of the molecule is Cc1cc(-c2nn(-c3ccccc3)cc2C=c2sc3nc(-c4ccc(C(C)(C)C)cc4)nn3c2=O)ccc1OCC(C)C. The van der Waals surface area contributed by atoms with Gasteiger partial charge in [0.1, 0.15) is 11.4 Å². The number of nitrogens with zero attached hydrogens (tertiary/aromatic N) is 5. The van der Waals surface area contributed by atoms with Crippen LogP contribution < -0.4 is 14.8 Å². The predicted molar refractivity (Wildman–Crippen MR) is 174 cm³/mol. The van der Waals surface area contributed by atoms with Crippen molar-refractivity contribution < 1.29 is 4.74 Å². The van der Waals surface area contributed by atoms with Crippen molar-refractivity contribution in [3.05, 3.63) is 111 Å². The van der Waals surface area contributed by atoms with Gasteiger partial charge < -0.3 is 4.74 Å². The third-order valence-corrected chi connectivity index (χ3v) is 8.22. The molecule has 8 heteroatoms. The maximum Gasteiger partial charge on any atom is 0.291 e. The zero-order valence-corrected chi connectivity index (χ0v) is 26.1. The van der Waals surface area contributed by atoms with Gasteiger partial charge in [-0.05, 0) is 65.8 Å². The lowest BCUT2D eigenvalue weighted by molar-refractivity contribution is 0.269. The lowest BCUT2D eigenvalue weighted by atomic mass is 9.87. The Hall–Kier alpha value is -4.56. The summed E-state index contributed by atoms with van der Waals surface area (Å²) >= 11 is 1.33. The molecule has 7 nitrogen and oxygen atoms in total. The summed E-state index contributed by atoms with van der Waals surface area (Å²) in [7, 11) is 0. The third-order valence-electron chi connectivity index (χ3n) is 7.26. The molecular formula is C35H35N5O2S. The van der Waals surface area contributed by atoms with E-state index in [1.807, 2.05) is 78.5 Å². The molecule has 0 radical (unpaired) electrons. The minimum absolute atomic E-state index is 0.0584. The Morgan fingerprint density at radius 3 is 2.33 bits per heavy atom. The fourth-order valence-corrected chi connectivity index (χ4v) is 5.76. The van der Waals surface area contributed by atoms with Crippen molar-refractivity contribution in [2.75, 3.05) is 6.61 Å². The molecule has 3 aromatic carbocycles. The van der Waals surface area contributed by atoms with Gasteiger partial charge in [0, 0.05) is 22.9 Å². The zero-order chi connectivity index (χ0) is 30.3. The molecule has 6 rings (SSSR count). The molecule has 0 amide bonds. The normalized spacial score (nSPS) is 12.5. The predicted octanol–water partition coefficient (Wildman–Crippen LogP) is 6.86. The number of para-hydroxylation sites is 1. The van der Waals surface area contributed by atoms with Crippen molar-refractivity contribution in [2.45, 2.75) is 47.0 Å². The van der Waals surface area contributed by atoms with Crippen molar-refractivity contribution in [2.24, 2.45) is 5.92 Å². The molecule has 0 saturated carbocycles. The molecule has 0 aliphatic heterocycles. The maximum atomic E-state index is 13.5. The number of rotatable bonds is 7. The molecular weight excluding hydrogens is 554 g/mol. The van der Waals surface area contributed by atoms with Crippen LogP contribution in [0.4, 0.5) is 0 Å². The Bertz CT molecular complexity index is 2010. The van der Waals surface area contributed by atoms with E-state index in [-0.39, 0.29) is 11.0 Å². The van der Waals surface area contributed by atoms with Gasteiger partial charge in [0.05, 0.1) is 16.8 Å². The Morgan fingerprint density at radius 1 is 0.953 bits per heavy atom. The summed E-state index contributed by atoms with van der Waals surface area (Å²) in [6.07, 6.45) is 3.85. The lowest BCUT2D eigenvalue weighted by Gasteiger charge is -2.18. The van der Waals surface area contributed by atoms with Crippen LogP contribution in [0, 0.1) is 12.8 Å². The van der Waals surface area contributed by atoms with E-state index in [1.54, 1.807) is 0 Å². The topological polar surface area (TPSA) is 74.3 Å². The lowest BCUT2D eigenvalue weighted by Crippen LogP contribution is -2.23. The van der Waals surface area contributed by atoms with E-state index in [1.165, 1.54) is 21.4 Å². The third kappa shape index (κ3) is 5.88. The Morgan fingerprint density at radius 2 is 1.67 bits per heavy atom. The molecule has 218 valence electrons. The largest absolute Gasteiger partial charge is 0.493 e. The van der Waals surface area contributed by atoms with E-state index < -0.39 is 0 Å². The van der Waals surface area contributed by atoms with Crippen molar-refractivity contribution in [3.63, 3.8) is 0 Å². The summed E-state index contributed by atoms with van der Waals surface area (Å²) in [6.45, 7) is 13.5. The number of ether oxygens (including phenoxy) is 1. The fourth-order valence-electron chi connectivity index (χ4n) is 4.86. The zero-order valence-electron chi connectivity index (χ0n) is 25.3. The Balaban J connectivity index is 1.40. The highest BCUT2D eigenvalue weighted by Crippen LogP contribution is 2.30. The minimum atomic E-state index is -0.197. The molecule has 0 atom stereocenters. The number of hydrogen-bond acceptors (Lipinski definition) is 6. The van der Waals surface area contributed by atoms with Crippen LogP contribution in [0.25, 0.3) is 39.4 Å². The van der Waals surface area contributed by atoms with Crippen molar-refractivity contribution in [1.29, 1.82) is 0 Å². The van der Waals surface area contributed by atoms with Gasteiger partial charge in [0.2, 0.25) is 4.96 Å². The average Bonchev–Trinajstić information content (AvgIpc) is 3.67. The molecule has 6 aromatic rings. The molecule has 0 fully saturated rings. The van der Waals surface area contributed by atoms with E-state index in [4.69, 9.17) is 14.8 Å². The number of hydrogen-bond donors (Lipinski definition) is 0. The first-order valence-corrected chi connectivity index (χ1v) is 15.3. The van der Waals surface area contributed by atoms with E-state index in [0.717, 1.165) is 39.4 Å². The minimum Gasteiger partial charge on any atom is -0.493 e. The van der Waals surface area contributed by atoms with Crippen LogP contribution in [0.5, 0.6) is 5.75 Å². The van der Waals surface area contributed by atoms with Gasteiger partial charge in [-0.15, -0.1) is 5.10 Å². The molecule has 3 aromatic heterocycles. The van der Waals surface area contributed by atoms with Crippen LogP contribution in [0.15, 0.2) is 83.8 Å². The van der Waals surface area contributed by atoms with Crippen LogP contribution >= 0.6 is 11.3 Å². The van der Waals surface area contributed by atoms with E-state index in [2.05, 4.69) is 57.9 Å². The van der Waals surface area contributed by atoms with Crippen LogP contribution in [0.2, 0.25) is 0 Å². The van der Waals surface area contributed by atoms with Crippen molar-refractivity contribution in [3.8, 4) is 34.1 Å². The molecule has 0 unspecified atom stereocenters. The Kier molecular flexibility index (Phi) is 7.48. The molecule has 3 heterocycles. The summed E-state index contributed by atoms with van der Waals surface area (Å²) < 4.78 is 9.80. The standard InChI is InChI=1S/C35H35N5O2S/c1-22(2)21-42-29-17-14-25(18-23(29)3)31-26(20-39(37-31)28-10-8-7-9-11-28)19-30-33(41)40-34(43-30)36-32(38-40)24-12-15-27(16-13-24)35(4,5)6/h7-20,22H,21H2,1-6H3. The first-order valence-electron chi connectivity index (χ1n) is 14.5. The second-order valence-corrected chi connectivity index (χ2v) is 13.3. The smallest absolute Gasteiger partial charge is 0.291 e. The molecule has 43 heavy (non-hydrogen) atoms. The molecule has 0 bridgehead atoms.